The van der Waals surface area contributed by atoms with Gasteiger partial charge in [-0.15, -0.1) is 0 Å². The van der Waals surface area contributed by atoms with E-state index < -0.39 is 0 Å². The zero-order valence-corrected chi connectivity index (χ0v) is 15.1. The summed E-state index contributed by atoms with van der Waals surface area (Å²) in [5.41, 5.74) is 0.794. The van der Waals surface area contributed by atoms with Gasteiger partial charge in [0, 0.05) is 19.8 Å². The lowest BCUT2D eigenvalue weighted by molar-refractivity contribution is -0.117. The SMILES string of the molecule is O=C(CC1CCNCC1)Nc1c(Br)cc(Br)cc1Br. The second-order valence-corrected chi connectivity index (χ2v) is 7.31. The summed E-state index contributed by atoms with van der Waals surface area (Å²) >= 11 is 10.3. The predicted molar refractivity (Wildman–Crippen MR) is 88.4 cm³/mol. The highest BCUT2D eigenvalue weighted by Crippen LogP contribution is 2.34. The molecule has 1 aromatic rings. The number of piperidine rings is 1. The van der Waals surface area contributed by atoms with E-state index >= 15 is 0 Å². The maximum Gasteiger partial charge on any atom is 0.224 e. The molecule has 1 aliphatic heterocycles. The predicted octanol–water partition coefficient (Wildman–Crippen LogP) is 4.30. The van der Waals surface area contributed by atoms with E-state index in [1.807, 2.05) is 12.1 Å². The van der Waals surface area contributed by atoms with Crippen molar-refractivity contribution in [3.05, 3.63) is 25.6 Å². The summed E-state index contributed by atoms with van der Waals surface area (Å²) in [5, 5.41) is 6.29. The molecule has 1 fully saturated rings. The smallest absolute Gasteiger partial charge is 0.224 e. The van der Waals surface area contributed by atoms with Gasteiger partial charge in [0.2, 0.25) is 5.91 Å². The first kappa shape index (κ1) is 15.5. The van der Waals surface area contributed by atoms with Gasteiger partial charge >= 0.3 is 0 Å². The zero-order chi connectivity index (χ0) is 13.8. The van der Waals surface area contributed by atoms with Crippen LogP contribution in [0.25, 0.3) is 0 Å². The van der Waals surface area contributed by atoms with Gasteiger partial charge in [0.15, 0.2) is 0 Å². The van der Waals surface area contributed by atoms with Gasteiger partial charge in [-0.05, 0) is 75.8 Å². The quantitative estimate of drug-likeness (QED) is 0.714. The molecule has 2 rings (SSSR count). The van der Waals surface area contributed by atoms with Crippen LogP contribution in [0.15, 0.2) is 25.6 Å². The number of nitrogens with one attached hydrogen (secondary N) is 2. The Kier molecular flexibility index (Phi) is 5.87. The van der Waals surface area contributed by atoms with E-state index in [1.165, 1.54) is 0 Å². The molecule has 1 amide bonds. The first-order valence-electron chi connectivity index (χ1n) is 6.21. The van der Waals surface area contributed by atoms with E-state index in [1.54, 1.807) is 0 Å². The van der Waals surface area contributed by atoms with E-state index in [4.69, 9.17) is 0 Å². The maximum atomic E-state index is 12.1. The molecule has 1 aromatic carbocycles. The van der Waals surface area contributed by atoms with Crippen LogP contribution < -0.4 is 10.6 Å². The van der Waals surface area contributed by atoms with Crippen LogP contribution in [0.1, 0.15) is 19.3 Å². The molecule has 6 heteroatoms. The standard InChI is InChI=1S/C13H15Br3N2O/c14-9-6-10(15)13(11(16)7-9)18-12(19)5-8-1-3-17-4-2-8/h6-8,17H,1-5H2,(H,18,19). The lowest BCUT2D eigenvalue weighted by atomic mass is 9.94. The highest BCUT2D eigenvalue weighted by Gasteiger charge is 2.18. The molecule has 0 aromatic heterocycles. The fourth-order valence-electron chi connectivity index (χ4n) is 2.20. The van der Waals surface area contributed by atoms with Gasteiger partial charge in [-0.25, -0.2) is 0 Å². The fourth-order valence-corrected chi connectivity index (χ4v) is 4.66. The minimum atomic E-state index is 0.0793. The Morgan fingerprint density at radius 1 is 1.21 bits per heavy atom. The van der Waals surface area contributed by atoms with Crippen LogP contribution in [0.4, 0.5) is 5.69 Å². The summed E-state index contributed by atoms with van der Waals surface area (Å²) in [6.45, 7) is 2.03. The number of amides is 1. The number of anilines is 1. The van der Waals surface area contributed by atoms with Crippen molar-refractivity contribution >= 4 is 59.4 Å². The molecule has 0 saturated carbocycles. The molecule has 0 spiro atoms. The molecule has 0 unspecified atom stereocenters. The Balaban J connectivity index is 1.98. The van der Waals surface area contributed by atoms with E-state index in [0.29, 0.717) is 12.3 Å². The number of carbonyl (C=O) groups is 1. The fraction of sp³-hybridized carbons (Fsp3) is 0.462. The molecule has 1 saturated heterocycles. The van der Waals surface area contributed by atoms with Crippen LogP contribution in [0, 0.1) is 5.92 Å². The van der Waals surface area contributed by atoms with Gasteiger partial charge in [0.25, 0.3) is 0 Å². The summed E-state index contributed by atoms with van der Waals surface area (Å²) in [7, 11) is 0. The van der Waals surface area contributed by atoms with Crippen LogP contribution in [-0.4, -0.2) is 19.0 Å². The Morgan fingerprint density at radius 2 is 1.79 bits per heavy atom. The summed E-state index contributed by atoms with van der Waals surface area (Å²) in [6.07, 6.45) is 2.75. The number of hydrogen-bond acceptors (Lipinski definition) is 2. The Bertz CT molecular complexity index is 450. The minimum Gasteiger partial charge on any atom is -0.324 e. The van der Waals surface area contributed by atoms with Gasteiger partial charge in [-0.1, -0.05) is 15.9 Å². The van der Waals surface area contributed by atoms with Crippen molar-refractivity contribution in [2.45, 2.75) is 19.3 Å². The van der Waals surface area contributed by atoms with E-state index in [2.05, 4.69) is 58.4 Å². The number of halogens is 3. The van der Waals surface area contributed by atoms with E-state index in [-0.39, 0.29) is 5.91 Å². The molecule has 0 radical (unpaired) electrons. The highest BCUT2D eigenvalue weighted by molar-refractivity contribution is 9.11. The van der Waals surface area contributed by atoms with Crippen molar-refractivity contribution in [3.63, 3.8) is 0 Å². The van der Waals surface area contributed by atoms with E-state index in [0.717, 1.165) is 45.0 Å². The Hall–Kier alpha value is 0.0900. The van der Waals surface area contributed by atoms with Crippen LogP contribution >= 0.6 is 47.8 Å². The molecule has 3 nitrogen and oxygen atoms in total. The highest BCUT2D eigenvalue weighted by atomic mass is 79.9. The summed E-state index contributed by atoms with van der Waals surface area (Å²) in [4.78, 5) is 12.1. The second-order valence-electron chi connectivity index (χ2n) is 4.69. The van der Waals surface area contributed by atoms with Crippen LogP contribution in [0.5, 0.6) is 0 Å². The van der Waals surface area contributed by atoms with Gasteiger partial charge in [-0.2, -0.15) is 0 Å². The lowest BCUT2D eigenvalue weighted by Crippen LogP contribution is -2.30. The average molecular weight is 455 g/mol. The van der Waals surface area contributed by atoms with Crippen molar-refractivity contribution < 1.29 is 4.79 Å². The number of carbonyl (C=O) groups excluding carboxylic acids is 1. The normalized spacial score (nSPS) is 16.4. The van der Waals surface area contributed by atoms with Crippen molar-refractivity contribution in [1.82, 2.24) is 5.32 Å². The largest absolute Gasteiger partial charge is 0.324 e. The Labute approximate surface area is 138 Å². The lowest BCUT2D eigenvalue weighted by Gasteiger charge is -2.22. The molecule has 0 bridgehead atoms. The van der Waals surface area contributed by atoms with Gasteiger partial charge < -0.3 is 10.6 Å². The van der Waals surface area contributed by atoms with Crippen molar-refractivity contribution in [2.75, 3.05) is 18.4 Å². The van der Waals surface area contributed by atoms with Gasteiger partial charge in [0.1, 0.15) is 0 Å². The average Bonchev–Trinajstić information content (AvgIpc) is 2.35. The van der Waals surface area contributed by atoms with E-state index in [9.17, 15) is 4.79 Å². The van der Waals surface area contributed by atoms with Gasteiger partial charge in [-0.3, -0.25) is 4.79 Å². The maximum absolute atomic E-state index is 12.1. The third kappa shape index (κ3) is 4.55. The third-order valence-corrected chi connectivity index (χ3v) is 4.91. The molecule has 2 N–H and O–H groups in total. The third-order valence-electron chi connectivity index (χ3n) is 3.20. The molecule has 1 heterocycles. The number of hydrogen-bond donors (Lipinski definition) is 2. The molecule has 1 aliphatic rings. The molecular weight excluding hydrogens is 440 g/mol. The molecule has 104 valence electrons. The first-order chi connectivity index (χ1) is 9.06. The molecule has 0 aliphatic carbocycles. The van der Waals surface area contributed by atoms with Crippen LogP contribution in [0.3, 0.4) is 0 Å². The second kappa shape index (κ2) is 7.20. The summed E-state index contributed by atoms with van der Waals surface area (Å²) in [5.74, 6) is 0.574. The first-order valence-corrected chi connectivity index (χ1v) is 8.59. The van der Waals surface area contributed by atoms with Crippen molar-refractivity contribution in [3.8, 4) is 0 Å². The Morgan fingerprint density at radius 3 is 2.37 bits per heavy atom. The topological polar surface area (TPSA) is 41.1 Å². The van der Waals surface area contributed by atoms with Crippen LogP contribution in [-0.2, 0) is 4.79 Å². The zero-order valence-electron chi connectivity index (χ0n) is 10.3. The minimum absolute atomic E-state index is 0.0793. The van der Waals surface area contributed by atoms with Crippen molar-refractivity contribution in [2.24, 2.45) is 5.92 Å². The monoisotopic (exact) mass is 452 g/mol. The molecular formula is C13H15Br3N2O. The summed E-state index contributed by atoms with van der Waals surface area (Å²) in [6, 6.07) is 3.84. The molecule has 0 atom stereocenters. The van der Waals surface area contributed by atoms with Crippen molar-refractivity contribution in [1.29, 1.82) is 0 Å². The number of benzene rings is 1. The number of rotatable bonds is 3. The summed E-state index contributed by atoms with van der Waals surface area (Å²) < 4.78 is 2.70. The van der Waals surface area contributed by atoms with Gasteiger partial charge in [0.05, 0.1) is 5.69 Å². The molecule has 19 heavy (non-hydrogen) atoms. The van der Waals surface area contributed by atoms with Crippen LogP contribution in [0.2, 0.25) is 0 Å².